The molecule has 0 saturated carbocycles. The SMILES string of the molecule is CCn1c(SCC(O)(CC)CC)nnc1-c1ccc(OC)cc1. The smallest absolute Gasteiger partial charge is 0.191 e. The molecular weight excluding hydrogens is 310 g/mol. The Kier molecular flexibility index (Phi) is 6.07. The first-order valence-electron chi connectivity index (χ1n) is 7.99. The molecule has 0 aliphatic carbocycles. The van der Waals surface area contributed by atoms with Crippen molar-refractivity contribution < 1.29 is 9.84 Å². The Labute approximate surface area is 142 Å². The van der Waals surface area contributed by atoms with Crippen LogP contribution in [0.2, 0.25) is 0 Å². The van der Waals surface area contributed by atoms with Crippen LogP contribution in [0.5, 0.6) is 5.75 Å². The lowest BCUT2D eigenvalue weighted by Gasteiger charge is -2.24. The predicted octanol–water partition coefficient (Wildman–Crippen LogP) is 3.62. The maximum atomic E-state index is 10.4. The van der Waals surface area contributed by atoms with Gasteiger partial charge in [0, 0.05) is 17.9 Å². The van der Waals surface area contributed by atoms with Crippen LogP contribution in [0.15, 0.2) is 29.4 Å². The fourth-order valence-electron chi connectivity index (χ4n) is 2.29. The lowest BCUT2D eigenvalue weighted by atomic mass is 10.0. The van der Waals surface area contributed by atoms with E-state index in [1.807, 2.05) is 38.1 Å². The van der Waals surface area contributed by atoms with E-state index in [0.29, 0.717) is 5.75 Å². The standard InChI is InChI=1S/C17H25N3O2S/c1-5-17(21,6-2)12-23-16-19-18-15(20(16)7-3)13-8-10-14(22-4)11-9-13/h8-11,21H,5-7,12H2,1-4H3. The van der Waals surface area contributed by atoms with Crippen molar-refractivity contribution in [1.29, 1.82) is 0 Å². The fourth-order valence-corrected chi connectivity index (χ4v) is 3.56. The predicted molar refractivity (Wildman–Crippen MR) is 93.9 cm³/mol. The molecule has 2 rings (SSSR count). The molecule has 0 unspecified atom stereocenters. The van der Waals surface area contributed by atoms with E-state index in [1.165, 1.54) is 0 Å². The molecule has 1 aromatic carbocycles. The van der Waals surface area contributed by atoms with Gasteiger partial charge in [-0.05, 0) is 44.0 Å². The fraction of sp³-hybridized carbons (Fsp3) is 0.529. The molecule has 23 heavy (non-hydrogen) atoms. The summed E-state index contributed by atoms with van der Waals surface area (Å²) in [6, 6.07) is 7.81. The molecule has 0 saturated heterocycles. The Morgan fingerprint density at radius 3 is 2.30 bits per heavy atom. The third-order valence-corrected chi connectivity index (χ3v) is 5.41. The summed E-state index contributed by atoms with van der Waals surface area (Å²) in [6.07, 6.45) is 1.48. The van der Waals surface area contributed by atoms with Crippen molar-refractivity contribution in [2.45, 2.75) is 50.9 Å². The zero-order chi connectivity index (χ0) is 16.9. The molecule has 0 amide bonds. The van der Waals surface area contributed by atoms with Crippen LogP contribution < -0.4 is 4.74 Å². The lowest BCUT2D eigenvalue weighted by molar-refractivity contribution is 0.0571. The molecule has 6 heteroatoms. The van der Waals surface area contributed by atoms with Crippen LogP contribution in [-0.2, 0) is 6.54 Å². The third kappa shape index (κ3) is 4.06. The van der Waals surface area contributed by atoms with Gasteiger partial charge in [0.25, 0.3) is 0 Å². The van der Waals surface area contributed by atoms with Gasteiger partial charge in [0.1, 0.15) is 5.75 Å². The van der Waals surface area contributed by atoms with Crippen molar-refractivity contribution in [3.63, 3.8) is 0 Å². The summed E-state index contributed by atoms with van der Waals surface area (Å²) < 4.78 is 7.27. The zero-order valence-electron chi connectivity index (χ0n) is 14.2. The van der Waals surface area contributed by atoms with Crippen LogP contribution in [0, 0.1) is 0 Å². The number of rotatable bonds is 8. The Morgan fingerprint density at radius 2 is 1.78 bits per heavy atom. The van der Waals surface area contributed by atoms with Gasteiger partial charge in [0.2, 0.25) is 0 Å². The van der Waals surface area contributed by atoms with Crippen molar-refractivity contribution in [2.75, 3.05) is 12.9 Å². The minimum atomic E-state index is -0.643. The first-order chi connectivity index (χ1) is 11.1. The van der Waals surface area contributed by atoms with Gasteiger partial charge in [-0.25, -0.2) is 0 Å². The molecule has 1 heterocycles. The number of aromatic nitrogens is 3. The molecule has 1 N–H and O–H groups in total. The second-order valence-electron chi connectivity index (χ2n) is 5.50. The van der Waals surface area contributed by atoms with Crippen molar-refractivity contribution in [2.24, 2.45) is 0 Å². The van der Waals surface area contributed by atoms with Crippen LogP contribution in [0.4, 0.5) is 0 Å². The van der Waals surface area contributed by atoms with Crippen molar-refractivity contribution in [1.82, 2.24) is 14.8 Å². The summed E-state index contributed by atoms with van der Waals surface area (Å²) in [5, 5.41) is 19.9. The van der Waals surface area contributed by atoms with Gasteiger partial charge in [-0.3, -0.25) is 0 Å². The molecule has 0 atom stereocenters. The van der Waals surface area contributed by atoms with Gasteiger partial charge in [-0.15, -0.1) is 10.2 Å². The Morgan fingerprint density at radius 1 is 1.13 bits per heavy atom. The molecule has 0 radical (unpaired) electrons. The van der Waals surface area contributed by atoms with E-state index in [1.54, 1.807) is 18.9 Å². The van der Waals surface area contributed by atoms with E-state index < -0.39 is 5.60 Å². The molecule has 0 fully saturated rings. The van der Waals surface area contributed by atoms with E-state index in [0.717, 1.165) is 41.7 Å². The highest BCUT2D eigenvalue weighted by Gasteiger charge is 2.24. The average Bonchev–Trinajstić information content (AvgIpc) is 3.02. The highest BCUT2D eigenvalue weighted by molar-refractivity contribution is 7.99. The quantitative estimate of drug-likeness (QED) is 0.747. The van der Waals surface area contributed by atoms with Crippen LogP contribution in [-0.4, -0.2) is 38.3 Å². The number of hydrogen-bond acceptors (Lipinski definition) is 5. The molecule has 2 aromatic rings. The van der Waals surface area contributed by atoms with E-state index in [-0.39, 0.29) is 0 Å². The Balaban J connectivity index is 2.22. The van der Waals surface area contributed by atoms with Crippen LogP contribution in [0.3, 0.4) is 0 Å². The summed E-state index contributed by atoms with van der Waals surface area (Å²) in [7, 11) is 1.65. The Bertz CT molecular complexity index is 621. The van der Waals surface area contributed by atoms with Crippen molar-refractivity contribution in [3.05, 3.63) is 24.3 Å². The monoisotopic (exact) mass is 335 g/mol. The van der Waals surface area contributed by atoms with E-state index in [2.05, 4.69) is 21.7 Å². The third-order valence-electron chi connectivity index (χ3n) is 4.17. The average molecular weight is 335 g/mol. The van der Waals surface area contributed by atoms with Gasteiger partial charge in [-0.2, -0.15) is 0 Å². The zero-order valence-corrected chi connectivity index (χ0v) is 15.1. The maximum Gasteiger partial charge on any atom is 0.191 e. The van der Waals surface area contributed by atoms with Gasteiger partial charge in [0.05, 0.1) is 12.7 Å². The van der Waals surface area contributed by atoms with E-state index in [9.17, 15) is 5.11 Å². The Hall–Kier alpha value is -1.53. The van der Waals surface area contributed by atoms with Gasteiger partial charge in [-0.1, -0.05) is 25.6 Å². The summed E-state index contributed by atoms with van der Waals surface area (Å²) in [5.74, 6) is 2.29. The molecule has 0 aliphatic heterocycles. The highest BCUT2D eigenvalue weighted by Crippen LogP contribution is 2.29. The number of aliphatic hydroxyl groups is 1. The summed E-state index contributed by atoms with van der Waals surface area (Å²) in [6.45, 7) is 6.88. The number of thioether (sulfide) groups is 1. The van der Waals surface area contributed by atoms with Gasteiger partial charge < -0.3 is 14.4 Å². The lowest BCUT2D eigenvalue weighted by Crippen LogP contribution is -2.29. The molecule has 126 valence electrons. The number of benzene rings is 1. The maximum absolute atomic E-state index is 10.4. The van der Waals surface area contributed by atoms with E-state index >= 15 is 0 Å². The van der Waals surface area contributed by atoms with Gasteiger partial charge >= 0.3 is 0 Å². The minimum Gasteiger partial charge on any atom is -0.497 e. The van der Waals surface area contributed by atoms with Crippen LogP contribution in [0.25, 0.3) is 11.4 Å². The molecular formula is C17H25N3O2S. The number of nitrogens with zero attached hydrogens (tertiary/aromatic N) is 3. The summed E-state index contributed by atoms with van der Waals surface area (Å²) in [4.78, 5) is 0. The second kappa shape index (κ2) is 7.84. The van der Waals surface area contributed by atoms with Gasteiger partial charge in [0.15, 0.2) is 11.0 Å². The number of methoxy groups -OCH3 is 1. The second-order valence-corrected chi connectivity index (χ2v) is 6.44. The topological polar surface area (TPSA) is 60.2 Å². The molecule has 0 spiro atoms. The normalized spacial score (nSPS) is 11.7. The first-order valence-corrected chi connectivity index (χ1v) is 8.98. The largest absolute Gasteiger partial charge is 0.497 e. The first kappa shape index (κ1) is 17.8. The summed E-state index contributed by atoms with van der Waals surface area (Å²) in [5.41, 5.74) is 0.364. The number of ether oxygens (including phenoxy) is 1. The number of hydrogen-bond donors (Lipinski definition) is 1. The van der Waals surface area contributed by atoms with Crippen LogP contribution >= 0.6 is 11.8 Å². The molecule has 0 aliphatic rings. The van der Waals surface area contributed by atoms with Crippen molar-refractivity contribution in [3.8, 4) is 17.1 Å². The van der Waals surface area contributed by atoms with Crippen molar-refractivity contribution >= 4 is 11.8 Å². The summed E-state index contributed by atoms with van der Waals surface area (Å²) >= 11 is 1.57. The minimum absolute atomic E-state index is 0.626. The highest BCUT2D eigenvalue weighted by atomic mass is 32.2. The molecule has 1 aromatic heterocycles. The van der Waals surface area contributed by atoms with Crippen LogP contribution in [0.1, 0.15) is 33.6 Å². The molecule has 0 bridgehead atoms. The van der Waals surface area contributed by atoms with E-state index in [4.69, 9.17) is 4.74 Å². The molecule has 5 nitrogen and oxygen atoms in total.